The van der Waals surface area contributed by atoms with E-state index in [0.717, 1.165) is 38.9 Å². The van der Waals surface area contributed by atoms with Crippen molar-refractivity contribution in [3.8, 4) is 0 Å². The number of ether oxygens (including phenoxy) is 5. The molecule has 0 radical (unpaired) electrons. The van der Waals surface area contributed by atoms with Crippen LogP contribution < -0.4 is 0 Å². The van der Waals surface area contributed by atoms with Crippen molar-refractivity contribution in [2.75, 3.05) is 19.8 Å². The topological polar surface area (TPSA) is 46.2 Å². The molecule has 0 N–H and O–H groups in total. The van der Waals surface area contributed by atoms with Gasteiger partial charge in [0.15, 0.2) is 12.1 Å². The largest absolute Gasteiger partial charge is 0.379 e. The second kappa shape index (κ2) is 7.88. The number of unbranched alkanes of at least 4 members (excludes halogenated alkanes) is 2. The van der Waals surface area contributed by atoms with E-state index in [1.165, 1.54) is 0 Å². The third-order valence-electron chi connectivity index (χ3n) is 3.82. The molecule has 2 aliphatic rings. The molecule has 4 atom stereocenters. The highest BCUT2D eigenvalue weighted by Gasteiger charge is 2.55. The standard InChI is InChI=1S/C16H30O5/c1-5-7-9-17-11-12-13(18-10-8-6-2)14-15(19-12)21-16(3,4)20-14/h12-15H,5-11H2,1-4H3/t12-,13?,14+,15+/m1/s1. The minimum Gasteiger partial charge on any atom is -0.379 e. The minimum atomic E-state index is -0.601. The fourth-order valence-corrected chi connectivity index (χ4v) is 2.69. The minimum absolute atomic E-state index is 0.107. The van der Waals surface area contributed by atoms with Crippen LogP contribution in [0.1, 0.15) is 53.4 Å². The maximum absolute atomic E-state index is 6.01. The summed E-state index contributed by atoms with van der Waals surface area (Å²) in [4.78, 5) is 0. The molecular weight excluding hydrogens is 272 g/mol. The molecule has 0 saturated carbocycles. The fraction of sp³-hybridized carbons (Fsp3) is 1.00. The van der Waals surface area contributed by atoms with Crippen LogP contribution in [-0.2, 0) is 23.7 Å². The molecule has 5 nitrogen and oxygen atoms in total. The van der Waals surface area contributed by atoms with Gasteiger partial charge in [0.25, 0.3) is 0 Å². The summed E-state index contributed by atoms with van der Waals surface area (Å²) in [7, 11) is 0. The van der Waals surface area contributed by atoms with Crippen molar-refractivity contribution in [2.45, 2.75) is 83.8 Å². The predicted molar refractivity (Wildman–Crippen MR) is 79.1 cm³/mol. The van der Waals surface area contributed by atoms with Crippen LogP contribution >= 0.6 is 0 Å². The van der Waals surface area contributed by atoms with Gasteiger partial charge >= 0.3 is 0 Å². The van der Waals surface area contributed by atoms with Crippen molar-refractivity contribution in [2.24, 2.45) is 0 Å². The molecule has 1 unspecified atom stereocenters. The molecule has 21 heavy (non-hydrogen) atoms. The molecule has 0 amide bonds. The van der Waals surface area contributed by atoms with Gasteiger partial charge in [0.2, 0.25) is 0 Å². The zero-order valence-electron chi connectivity index (χ0n) is 13.8. The van der Waals surface area contributed by atoms with E-state index in [4.69, 9.17) is 23.7 Å². The SMILES string of the molecule is CCCCOC[C@H]1O[C@H]2OC(C)(C)O[C@H]2C1OCCCC. The molecule has 124 valence electrons. The Morgan fingerprint density at radius 3 is 2.43 bits per heavy atom. The maximum atomic E-state index is 6.01. The molecular formula is C16H30O5. The van der Waals surface area contributed by atoms with Gasteiger partial charge in [-0.3, -0.25) is 0 Å². The third kappa shape index (κ3) is 4.63. The molecule has 0 aromatic carbocycles. The first-order chi connectivity index (χ1) is 10.1. The Kier molecular flexibility index (Phi) is 6.44. The molecule has 2 fully saturated rings. The summed E-state index contributed by atoms with van der Waals surface area (Å²) in [5.41, 5.74) is 0. The lowest BCUT2D eigenvalue weighted by atomic mass is 10.1. The molecule has 0 aromatic rings. The first-order valence-corrected chi connectivity index (χ1v) is 8.28. The number of fused-ring (bicyclic) bond motifs is 1. The van der Waals surface area contributed by atoms with Crippen molar-refractivity contribution in [1.82, 2.24) is 0 Å². The monoisotopic (exact) mass is 302 g/mol. The van der Waals surface area contributed by atoms with Gasteiger partial charge in [-0.05, 0) is 26.7 Å². The fourth-order valence-electron chi connectivity index (χ4n) is 2.69. The van der Waals surface area contributed by atoms with Crippen LogP contribution in [0.4, 0.5) is 0 Å². The number of hydrogen-bond donors (Lipinski definition) is 0. The van der Waals surface area contributed by atoms with E-state index >= 15 is 0 Å². The zero-order chi connectivity index (χ0) is 15.3. The zero-order valence-corrected chi connectivity index (χ0v) is 13.8. The van der Waals surface area contributed by atoms with E-state index in [2.05, 4.69) is 13.8 Å². The van der Waals surface area contributed by atoms with E-state index in [9.17, 15) is 0 Å². The smallest absolute Gasteiger partial charge is 0.190 e. The quantitative estimate of drug-likeness (QED) is 0.613. The van der Waals surface area contributed by atoms with Crippen molar-refractivity contribution < 1.29 is 23.7 Å². The highest BCUT2D eigenvalue weighted by Crippen LogP contribution is 2.38. The van der Waals surface area contributed by atoms with Gasteiger partial charge in [-0.15, -0.1) is 0 Å². The normalized spacial score (nSPS) is 34.3. The molecule has 2 rings (SSSR count). The van der Waals surface area contributed by atoms with Crippen molar-refractivity contribution >= 4 is 0 Å². The molecule has 2 heterocycles. The molecule has 0 aliphatic carbocycles. The van der Waals surface area contributed by atoms with E-state index in [1.807, 2.05) is 13.8 Å². The Morgan fingerprint density at radius 2 is 1.71 bits per heavy atom. The Balaban J connectivity index is 1.87. The lowest BCUT2D eigenvalue weighted by Crippen LogP contribution is -2.39. The van der Waals surface area contributed by atoms with Crippen molar-refractivity contribution in [3.05, 3.63) is 0 Å². The van der Waals surface area contributed by atoms with Crippen LogP contribution in [0.5, 0.6) is 0 Å². The van der Waals surface area contributed by atoms with Crippen molar-refractivity contribution in [3.63, 3.8) is 0 Å². The first kappa shape index (κ1) is 17.2. The summed E-state index contributed by atoms with van der Waals surface area (Å²) in [6.07, 6.45) is 3.65. The summed E-state index contributed by atoms with van der Waals surface area (Å²) in [6, 6.07) is 0. The highest BCUT2D eigenvalue weighted by molar-refractivity contribution is 4.94. The summed E-state index contributed by atoms with van der Waals surface area (Å²) in [6.45, 7) is 10.1. The molecule has 2 saturated heterocycles. The Hall–Kier alpha value is -0.200. The van der Waals surface area contributed by atoms with E-state index in [-0.39, 0.29) is 24.6 Å². The van der Waals surface area contributed by atoms with E-state index in [1.54, 1.807) is 0 Å². The van der Waals surface area contributed by atoms with E-state index < -0.39 is 5.79 Å². The van der Waals surface area contributed by atoms with Crippen molar-refractivity contribution in [1.29, 1.82) is 0 Å². The first-order valence-electron chi connectivity index (χ1n) is 8.28. The Labute approximate surface area is 128 Å². The maximum Gasteiger partial charge on any atom is 0.190 e. The Morgan fingerprint density at radius 1 is 1.00 bits per heavy atom. The third-order valence-corrected chi connectivity index (χ3v) is 3.82. The molecule has 5 heteroatoms. The van der Waals surface area contributed by atoms with Gasteiger partial charge in [0.1, 0.15) is 18.3 Å². The van der Waals surface area contributed by atoms with E-state index in [0.29, 0.717) is 6.61 Å². The van der Waals surface area contributed by atoms with Crippen LogP contribution in [0, 0.1) is 0 Å². The van der Waals surface area contributed by atoms with Crippen LogP contribution in [-0.4, -0.2) is 50.2 Å². The molecule has 0 bridgehead atoms. The van der Waals surface area contributed by atoms with Crippen LogP contribution in [0.2, 0.25) is 0 Å². The number of rotatable bonds is 9. The average Bonchev–Trinajstić information content (AvgIpc) is 2.88. The van der Waals surface area contributed by atoms with Gasteiger partial charge in [0.05, 0.1) is 6.61 Å². The summed E-state index contributed by atoms with van der Waals surface area (Å²) in [5, 5.41) is 0. The number of hydrogen-bond acceptors (Lipinski definition) is 5. The molecule has 2 aliphatic heterocycles. The van der Waals surface area contributed by atoms with Gasteiger partial charge in [-0.2, -0.15) is 0 Å². The van der Waals surface area contributed by atoms with Gasteiger partial charge in [0, 0.05) is 13.2 Å². The lowest BCUT2D eigenvalue weighted by Gasteiger charge is -2.25. The molecule has 0 spiro atoms. The average molecular weight is 302 g/mol. The van der Waals surface area contributed by atoms with Gasteiger partial charge < -0.3 is 23.7 Å². The van der Waals surface area contributed by atoms with Crippen LogP contribution in [0.3, 0.4) is 0 Å². The summed E-state index contributed by atoms with van der Waals surface area (Å²) >= 11 is 0. The second-order valence-electron chi connectivity index (χ2n) is 6.26. The highest BCUT2D eigenvalue weighted by atomic mass is 16.8. The van der Waals surface area contributed by atoms with Gasteiger partial charge in [-0.25, -0.2) is 0 Å². The summed E-state index contributed by atoms with van der Waals surface area (Å²) < 4.78 is 29.4. The van der Waals surface area contributed by atoms with Crippen LogP contribution in [0.25, 0.3) is 0 Å². The van der Waals surface area contributed by atoms with Crippen LogP contribution in [0.15, 0.2) is 0 Å². The summed E-state index contributed by atoms with van der Waals surface area (Å²) in [5.74, 6) is -0.601. The molecule has 0 aromatic heterocycles. The lowest BCUT2D eigenvalue weighted by molar-refractivity contribution is -0.223. The van der Waals surface area contributed by atoms with Gasteiger partial charge in [-0.1, -0.05) is 26.7 Å². The second-order valence-corrected chi connectivity index (χ2v) is 6.26. The predicted octanol–water partition coefficient (Wildman–Crippen LogP) is 2.86. The Bertz CT molecular complexity index is 307.